The van der Waals surface area contributed by atoms with Gasteiger partial charge in [-0.1, -0.05) is 24.3 Å². The summed E-state index contributed by atoms with van der Waals surface area (Å²) in [5.41, 5.74) is 3.74. The number of nitrogens with zero attached hydrogens (tertiary/aromatic N) is 1. The Morgan fingerprint density at radius 2 is 1.86 bits per heavy atom. The molecule has 0 aliphatic rings. The van der Waals surface area contributed by atoms with Crippen LogP contribution in [-0.4, -0.2) is 20.1 Å². The minimum atomic E-state index is 0.623. The number of nitrogens with one attached hydrogen (secondary N) is 2. The van der Waals surface area contributed by atoms with E-state index in [0.717, 1.165) is 19.0 Å². The van der Waals surface area contributed by atoms with Gasteiger partial charge in [-0.3, -0.25) is 4.99 Å². The minimum Gasteiger partial charge on any atom is -0.380 e. The summed E-state index contributed by atoms with van der Waals surface area (Å²) < 4.78 is 5.24. The zero-order chi connectivity index (χ0) is 15.8. The van der Waals surface area contributed by atoms with Crippen LogP contribution in [0, 0.1) is 6.92 Å². The lowest BCUT2D eigenvalue weighted by Gasteiger charge is -2.14. The fourth-order valence-corrected chi connectivity index (χ4v) is 3.02. The predicted molar refractivity (Wildman–Crippen MR) is 93.2 cm³/mol. The van der Waals surface area contributed by atoms with Gasteiger partial charge in [0.15, 0.2) is 5.96 Å². The lowest BCUT2D eigenvalue weighted by molar-refractivity contribution is 0.184. The van der Waals surface area contributed by atoms with Crippen molar-refractivity contribution in [2.75, 3.05) is 14.2 Å². The van der Waals surface area contributed by atoms with E-state index >= 15 is 0 Å². The molecule has 0 saturated heterocycles. The second-order valence-electron chi connectivity index (χ2n) is 5.01. The number of thiophene rings is 1. The van der Waals surface area contributed by atoms with Crippen LogP contribution in [0.5, 0.6) is 0 Å². The minimum absolute atomic E-state index is 0.623. The molecule has 118 valence electrons. The molecule has 0 atom stereocenters. The van der Waals surface area contributed by atoms with Crippen LogP contribution in [0.2, 0.25) is 0 Å². The van der Waals surface area contributed by atoms with E-state index in [0.29, 0.717) is 6.61 Å². The maximum atomic E-state index is 5.24. The van der Waals surface area contributed by atoms with E-state index in [9.17, 15) is 0 Å². The molecule has 0 aliphatic heterocycles. The van der Waals surface area contributed by atoms with Gasteiger partial charge in [-0.05, 0) is 35.1 Å². The molecule has 0 amide bonds. The fourth-order valence-electron chi connectivity index (χ4n) is 2.18. The molecule has 2 rings (SSSR count). The van der Waals surface area contributed by atoms with Crippen molar-refractivity contribution in [1.82, 2.24) is 10.6 Å². The Morgan fingerprint density at radius 3 is 2.50 bits per heavy atom. The van der Waals surface area contributed by atoms with E-state index in [4.69, 9.17) is 4.74 Å². The normalized spacial score (nSPS) is 11.5. The van der Waals surface area contributed by atoms with Gasteiger partial charge >= 0.3 is 0 Å². The van der Waals surface area contributed by atoms with Crippen LogP contribution >= 0.6 is 11.3 Å². The van der Waals surface area contributed by atoms with Crippen molar-refractivity contribution in [2.45, 2.75) is 26.6 Å². The molecule has 1 aromatic heterocycles. The van der Waals surface area contributed by atoms with Gasteiger partial charge in [-0.2, -0.15) is 0 Å². The van der Waals surface area contributed by atoms with Crippen LogP contribution in [0.4, 0.5) is 0 Å². The van der Waals surface area contributed by atoms with E-state index in [1.165, 1.54) is 21.6 Å². The van der Waals surface area contributed by atoms with E-state index in [2.05, 4.69) is 46.1 Å². The maximum absolute atomic E-state index is 5.24. The molecule has 2 N–H and O–H groups in total. The molecular weight excluding hydrogens is 294 g/mol. The molecule has 22 heavy (non-hydrogen) atoms. The largest absolute Gasteiger partial charge is 0.380 e. The van der Waals surface area contributed by atoms with E-state index in [1.807, 2.05) is 12.1 Å². The van der Waals surface area contributed by atoms with Crippen molar-refractivity contribution >= 4 is 17.3 Å². The maximum Gasteiger partial charge on any atom is 0.191 e. The van der Waals surface area contributed by atoms with E-state index < -0.39 is 0 Å². The third-order valence-corrected chi connectivity index (χ3v) is 4.50. The third kappa shape index (κ3) is 4.58. The van der Waals surface area contributed by atoms with Gasteiger partial charge in [-0.15, -0.1) is 11.3 Å². The number of methoxy groups -OCH3 is 1. The van der Waals surface area contributed by atoms with Crippen LogP contribution in [0.1, 0.15) is 21.6 Å². The lowest BCUT2D eigenvalue weighted by atomic mass is 10.1. The van der Waals surface area contributed by atoms with Crippen molar-refractivity contribution < 1.29 is 4.74 Å². The first-order valence-electron chi connectivity index (χ1n) is 7.27. The van der Waals surface area contributed by atoms with E-state index in [1.54, 1.807) is 25.5 Å². The Hall–Kier alpha value is -1.85. The second kappa shape index (κ2) is 8.56. The highest BCUT2D eigenvalue weighted by Gasteiger charge is 2.04. The molecule has 0 unspecified atom stereocenters. The van der Waals surface area contributed by atoms with Gasteiger partial charge < -0.3 is 15.4 Å². The first kappa shape index (κ1) is 16.5. The molecule has 0 aliphatic carbocycles. The molecule has 0 spiro atoms. The standard InChI is InChI=1S/C17H23N3OS/c1-13-8-9-22-16(13)11-20-17(18-2)19-10-14-6-4-5-7-15(14)12-21-3/h4-9H,10-12H2,1-3H3,(H2,18,19,20). The molecule has 4 nitrogen and oxygen atoms in total. The summed E-state index contributed by atoms with van der Waals surface area (Å²) >= 11 is 1.76. The highest BCUT2D eigenvalue weighted by atomic mass is 32.1. The molecule has 0 saturated carbocycles. The average molecular weight is 317 g/mol. The van der Waals surface area contributed by atoms with Crippen molar-refractivity contribution in [3.05, 3.63) is 57.3 Å². The van der Waals surface area contributed by atoms with Gasteiger partial charge in [0.1, 0.15) is 0 Å². The molecule has 2 aromatic rings. The van der Waals surface area contributed by atoms with Crippen molar-refractivity contribution in [1.29, 1.82) is 0 Å². The smallest absolute Gasteiger partial charge is 0.191 e. The molecule has 0 radical (unpaired) electrons. The quantitative estimate of drug-likeness (QED) is 0.636. The summed E-state index contributed by atoms with van der Waals surface area (Å²) in [5, 5.41) is 8.82. The summed E-state index contributed by atoms with van der Waals surface area (Å²) in [5.74, 6) is 0.806. The number of aliphatic imine (C=N–C) groups is 1. The lowest BCUT2D eigenvalue weighted by Crippen LogP contribution is -2.36. The first-order chi connectivity index (χ1) is 10.7. The van der Waals surface area contributed by atoms with Crippen LogP contribution in [0.25, 0.3) is 0 Å². The van der Waals surface area contributed by atoms with Gasteiger partial charge in [0.25, 0.3) is 0 Å². The number of rotatable bonds is 6. The Bertz CT molecular complexity index is 622. The van der Waals surface area contributed by atoms with Gasteiger partial charge in [-0.25, -0.2) is 0 Å². The molecular formula is C17H23N3OS. The molecule has 1 aromatic carbocycles. The number of hydrogen-bond acceptors (Lipinski definition) is 3. The summed E-state index contributed by atoms with van der Waals surface area (Å²) in [6, 6.07) is 10.4. The van der Waals surface area contributed by atoms with Gasteiger partial charge in [0.2, 0.25) is 0 Å². The van der Waals surface area contributed by atoms with Crippen LogP contribution in [-0.2, 0) is 24.4 Å². The first-order valence-corrected chi connectivity index (χ1v) is 8.15. The highest BCUT2D eigenvalue weighted by molar-refractivity contribution is 7.10. The number of guanidine groups is 1. The molecule has 1 heterocycles. The van der Waals surface area contributed by atoms with Crippen molar-refractivity contribution in [2.24, 2.45) is 4.99 Å². The zero-order valence-electron chi connectivity index (χ0n) is 13.3. The summed E-state index contributed by atoms with van der Waals surface area (Å²) in [4.78, 5) is 5.61. The Balaban J connectivity index is 1.90. The molecule has 0 bridgehead atoms. The van der Waals surface area contributed by atoms with Crippen molar-refractivity contribution in [3.63, 3.8) is 0 Å². The molecule has 5 heteroatoms. The zero-order valence-corrected chi connectivity index (χ0v) is 14.2. The fraction of sp³-hybridized carbons (Fsp3) is 0.353. The average Bonchev–Trinajstić information content (AvgIpc) is 2.94. The van der Waals surface area contributed by atoms with Crippen LogP contribution < -0.4 is 10.6 Å². The summed E-state index contributed by atoms with van der Waals surface area (Å²) in [6.07, 6.45) is 0. The summed E-state index contributed by atoms with van der Waals surface area (Å²) in [6.45, 7) is 4.27. The predicted octanol–water partition coefficient (Wildman–Crippen LogP) is 3.07. The highest BCUT2D eigenvalue weighted by Crippen LogP contribution is 2.14. The number of ether oxygens (including phenoxy) is 1. The Morgan fingerprint density at radius 1 is 1.14 bits per heavy atom. The number of benzene rings is 1. The van der Waals surface area contributed by atoms with Crippen LogP contribution in [0.15, 0.2) is 40.7 Å². The number of hydrogen-bond donors (Lipinski definition) is 2. The monoisotopic (exact) mass is 317 g/mol. The van der Waals surface area contributed by atoms with Gasteiger partial charge in [0.05, 0.1) is 13.2 Å². The van der Waals surface area contributed by atoms with E-state index in [-0.39, 0.29) is 0 Å². The SMILES string of the molecule is CN=C(NCc1ccccc1COC)NCc1sccc1C. The molecule has 0 fully saturated rings. The third-order valence-electron chi connectivity index (χ3n) is 3.47. The topological polar surface area (TPSA) is 45.7 Å². The summed E-state index contributed by atoms with van der Waals surface area (Å²) in [7, 11) is 3.51. The van der Waals surface area contributed by atoms with Gasteiger partial charge in [0, 0.05) is 25.6 Å². The number of aryl methyl sites for hydroxylation is 1. The Labute approximate surface area is 136 Å². The Kier molecular flexibility index (Phi) is 6.43. The second-order valence-corrected chi connectivity index (χ2v) is 6.01. The van der Waals surface area contributed by atoms with Crippen LogP contribution in [0.3, 0.4) is 0 Å². The van der Waals surface area contributed by atoms with Crippen molar-refractivity contribution in [3.8, 4) is 0 Å².